The molecule has 1 atom stereocenters. The molecule has 1 heterocycles. The Morgan fingerprint density at radius 2 is 1.72 bits per heavy atom. The monoisotopic (exact) mass is 392 g/mol. The lowest BCUT2D eigenvalue weighted by Crippen LogP contribution is -2.51. The average Bonchev–Trinajstić information content (AvgIpc) is 3.22. The van der Waals surface area contributed by atoms with E-state index in [4.69, 9.17) is 4.74 Å². The Hall–Kier alpha value is -2.66. The molecule has 1 unspecified atom stereocenters. The number of carbonyl (C=O) groups is 2. The van der Waals surface area contributed by atoms with E-state index in [-0.39, 0.29) is 11.9 Å². The van der Waals surface area contributed by atoms with Gasteiger partial charge in [-0.15, -0.1) is 0 Å². The Morgan fingerprint density at radius 1 is 1.03 bits per heavy atom. The molecular weight excluding hydrogens is 364 g/mol. The van der Waals surface area contributed by atoms with Crippen molar-refractivity contribution in [3.63, 3.8) is 0 Å². The average molecular weight is 392 g/mol. The van der Waals surface area contributed by atoms with E-state index in [2.05, 4.69) is 29.2 Å². The van der Waals surface area contributed by atoms with E-state index in [9.17, 15) is 9.59 Å². The molecule has 0 N–H and O–H groups in total. The number of methoxy groups -OCH3 is 1. The molecule has 4 rings (SSSR count). The fourth-order valence-electron chi connectivity index (χ4n) is 4.69. The van der Waals surface area contributed by atoms with Crippen LogP contribution in [0.4, 0.5) is 0 Å². The van der Waals surface area contributed by atoms with E-state index >= 15 is 0 Å². The highest BCUT2D eigenvalue weighted by Gasteiger charge is 2.33. The highest BCUT2D eigenvalue weighted by atomic mass is 16.5. The summed E-state index contributed by atoms with van der Waals surface area (Å²) in [5.41, 5.74) is 3.86. The number of likely N-dealkylation sites (tertiary alicyclic amines) is 1. The van der Waals surface area contributed by atoms with Crippen LogP contribution in [0.25, 0.3) is 0 Å². The van der Waals surface area contributed by atoms with E-state index in [1.165, 1.54) is 18.2 Å². The summed E-state index contributed by atoms with van der Waals surface area (Å²) in [5, 5.41) is 0. The fraction of sp³-hybridized carbons (Fsp3) is 0.417. The van der Waals surface area contributed by atoms with Gasteiger partial charge in [0.05, 0.1) is 12.7 Å². The predicted octanol–water partition coefficient (Wildman–Crippen LogP) is 3.18. The summed E-state index contributed by atoms with van der Waals surface area (Å²) in [6.07, 6.45) is 4.30. The van der Waals surface area contributed by atoms with Crippen LogP contribution in [0.2, 0.25) is 0 Å². The highest BCUT2D eigenvalue weighted by Crippen LogP contribution is 2.28. The number of rotatable bonds is 4. The number of benzene rings is 2. The second-order valence-corrected chi connectivity index (χ2v) is 8.11. The standard InChI is InChI=1S/C24H28N2O3/c1-25(23(27)19-9-5-10-20(13-19)24(28)29-2)21-11-6-12-26(16-21)22-14-17-7-3-4-8-18(17)15-22/h3-5,7-10,13,21-22H,6,11-12,14-16H2,1-2H3. The molecule has 29 heavy (non-hydrogen) atoms. The van der Waals surface area contributed by atoms with Crippen LogP contribution in [0.5, 0.6) is 0 Å². The third-order valence-corrected chi connectivity index (χ3v) is 6.37. The van der Waals surface area contributed by atoms with Crippen LogP contribution in [-0.4, -0.2) is 61.0 Å². The molecule has 0 saturated carbocycles. The molecular formula is C24H28N2O3. The summed E-state index contributed by atoms with van der Waals surface area (Å²) >= 11 is 0. The second kappa shape index (κ2) is 8.37. The van der Waals surface area contributed by atoms with Crippen molar-refractivity contribution in [2.75, 3.05) is 27.2 Å². The molecule has 0 aromatic heterocycles. The first-order valence-corrected chi connectivity index (χ1v) is 10.3. The van der Waals surface area contributed by atoms with E-state index in [0.29, 0.717) is 17.2 Å². The molecule has 2 aliphatic rings. The number of piperidine rings is 1. The smallest absolute Gasteiger partial charge is 0.337 e. The van der Waals surface area contributed by atoms with Gasteiger partial charge in [-0.25, -0.2) is 4.79 Å². The summed E-state index contributed by atoms with van der Waals surface area (Å²) in [4.78, 5) is 29.3. The van der Waals surface area contributed by atoms with Crippen LogP contribution in [0, 0.1) is 0 Å². The largest absolute Gasteiger partial charge is 0.465 e. The van der Waals surface area contributed by atoms with Crippen molar-refractivity contribution in [1.29, 1.82) is 0 Å². The van der Waals surface area contributed by atoms with Crippen LogP contribution in [0.3, 0.4) is 0 Å². The minimum absolute atomic E-state index is 0.0442. The Balaban J connectivity index is 1.43. The summed E-state index contributed by atoms with van der Waals surface area (Å²) in [5.74, 6) is -0.468. The van der Waals surface area contributed by atoms with E-state index in [1.807, 2.05) is 11.9 Å². The first kappa shape index (κ1) is 19.6. The quantitative estimate of drug-likeness (QED) is 0.750. The first-order chi connectivity index (χ1) is 14.1. The lowest BCUT2D eigenvalue weighted by molar-refractivity contribution is 0.0555. The molecule has 5 heteroatoms. The van der Waals surface area contributed by atoms with Gasteiger partial charge in [0.1, 0.15) is 0 Å². The molecule has 1 aliphatic heterocycles. The number of likely N-dealkylation sites (N-methyl/N-ethyl adjacent to an activating group) is 1. The van der Waals surface area contributed by atoms with Crippen LogP contribution < -0.4 is 0 Å². The Bertz CT molecular complexity index is 886. The van der Waals surface area contributed by atoms with Gasteiger partial charge in [0.2, 0.25) is 0 Å². The number of amides is 1. The van der Waals surface area contributed by atoms with Crippen molar-refractivity contribution in [3.05, 3.63) is 70.8 Å². The lowest BCUT2D eigenvalue weighted by atomic mass is 10.00. The molecule has 152 valence electrons. The minimum Gasteiger partial charge on any atom is -0.465 e. The van der Waals surface area contributed by atoms with Gasteiger partial charge >= 0.3 is 5.97 Å². The Kier molecular flexibility index (Phi) is 5.67. The van der Waals surface area contributed by atoms with Gasteiger partial charge < -0.3 is 9.64 Å². The number of ether oxygens (including phenoxy) is 1. The summed E-state index contributed by atoms with van der Waals surface area (Å²) < 4.78 is 4.77. The molecule has 0 radical (unpaired) electrons. The van der Waals surface area contributed by atoms with Gasteiger partial charge in [-0.1, -0.05) is 30.3 Å². The predicted molar refractivity (Wildman–Crippen MR) is 112 cm³/mol. The number of nitrogens with zero attached hydrogens (tertiary/aromatic N) is 2. The zero-order valence-electron chi connectivity index (χ0n) is 17.1. The van der Waals surface area contributed by atoms with Gasteiger partial charge in [0.15, 0.2) is 0 Å². The zero-order valence-corrected chi connectivity index (χ0v) is 17.1. The third-order valence-electron chi connectivity index (χ3n) is 6.37. The Labute approximate surface area is 172 Å². The van der Waals surface area contributed by atoms with Gasteiger partial charge in [-0.05, 0) is 61.6 Å². The maximum atomic E-state index is 13.1. The molecule has 1 amide bonds. The van der Waals surface area contributed by atoms with Crippen molar-refractivity contribution in [1.82, 2.24) is 9.80 Å². The summed E-state index contributed by atoms with van der Waals surface area (Å²) in [6.45, 7) is 1.99. The number of hydrogen-bond donors (Lipinski definition) is 0. The zero-order chi connectivity index (χ0) is 20.4. The fourth-order valence-corrected chi connectivity index (χ4v) is 4.69. The van der Waals surface area contributed by atoms with Crippen LogP contribution >= 0.6 is 0 Å². The second-order valence-electron chi connectivity index (χ2n) is 8.11. The summed E-state index contributed by atoms with van der Waals surface area (Å²) in [7, 11) is 3.23. The highest BCUT2D eigenvalue weighted by molar-refractivity contribution is 5.98. The third kappa shape index (κ3) is 4.06. The van der Waals surface area contributed by atoms with Gasteiger partial charge in [-0.3, -0.25) is 9.69 Å². The van der Waals surface area contributed by atoms with E-state index < -0.39 is 5.97 Å². The van der Waals surface area contributed by atoms with Crippen LogP contribution in [0.15, 0.2) is 48.5 Å². The van der Waals surface area contributed by atoms with Gasteiger partial charge in [0, 0.05) is 31.2 Å². The van der Waals surface area contributed by atoms with Crippen molar-refractivity contribution < 1.29 is 14.3 Å². The van der Waals surface area contributed by atoms with Crippen molar-refractivity contribution in [3.8, 4) is 0 Å². The number of fused-ring (bicyclic) bond motifs is 1. The van der Waals surface area contributed by atoms with Crippen LogP contribution in [-0.2, 0) is 17.6 Å². The minimum atomic E-state index is -0.424. The van der Waals surface area contributed by atoms with Gasteiger partial charge in [-0.2, -0.15) is 0 Å². The van der Waals surface area contributed by atoms with Crippen molar-refractivity contribution >= 4 is 11.9 Å². The molecule has 1 aliphatic carbocycles. The molecule has 5 nitrogen and oxygen atoms in total. The van der Waals surface area contributed by atoms with Crippen molar-refractivity contribution in [2.45, 2.75) is 37.8 Å². The SMILES string of the molecule is COC(=O)c1cccc(C(=O)N(C)C2CCCN(C3Cc4ccccc4C3)C2)c1. The van der Waals surface area contributed by atoms with E-state index in [1.54, 1.807) is 24.3 Å². The normalized spacial score (nSPS) is 19.6. The molecule has 1 saturated heterocycles. The molecule has 0 spiro atoms. The molecule has 1 fully saturated rings. The lowest BCUT2D eigenvalue weighted by Gasteiger charge is -2.40. The number of esters is 1. The Morgan fingerprint density at radius 3 is 2.41 bits per heavy atom. The van der Waals surface area contributed by atoms with Crippen molar-refractivity contribution in [2.24, 2.45) is 0 Å². The topological polar surface area (TPSA) is 49.9 Å². The number of carbonyl (C=O) groups excluding carboxylic acids is 2. The maximum absolute atomic E-state index is 13.1. The maximum Gasteiger partial charge on any atom is 0.337 e. The summed E-state index contributed by atoms with van der Waals surface area (Å²) in [6, 6.07) is 16.2. The van der Waals surface area contributed by atoms with Crippen LogP contribution in [0.1, 0.15) is 44.7 Å². The van der Waals surface area contributed by atoms with E-state index in [0.717, 1.165) is 38.8 Å². The van der Waals surface area contributed by atoms with Gasteiger partial charge in [0.25, 0.3) is 5.91 Å². The molecule has 0 bridgehead atoms. The molecule has 2 aromatic carbocycles. The first-order valence-electron chi connectivity index (χ1n) is 10.3. The number of hydrogen-bond acceptors (Lipinski definition) is 4. The molecule has 2 aromatic rings.